The van der Waals surface area contributed by atoms with Crippen LogP contribution in [0.1, 0.15) is 48.0 Å². The summed E-state index contributed by atoms with van der Waals surface area (Å²) in [6.07, 6.45) is 4.52. The predicted molar refractivity (Wildman–Crippen MR) is 72.7 cm³/mol. The van der Waals surface area contributed by atoms with Gasteiger partial charge in [0.25, 0.3) is 0 Å². The van der Waals surface area contributed by atoms with E-state index in [0.29, 0.717) is 18.6 Å². The van der Waals surface area contributed by atoms with Crippen LogP contribution in [0, 0.1) is 5.41 Å². The fourth-order valence-electron chi connectivity index (χ4n) is 3.24. The number of aryl methyl sites for hydroxylation is 1. The molecule has 3 rings (SSSR count). The molecule has 1 aromatic rings. The zero-order chi connectivity index (χ0) is 12.8. The van der Waals surface area contributed by atoms with Gasteiger partial charge in [-0.2, -0.15) is 0 Å². The van der Waals surface area contributed by atoms with Crippen molar-refractivity contribution < 1.29 is 9.59 Å². The largest absolute Gasteiger partial charge is 0.300 e. The van der Waals surface area contributed by atoms with E-state index in [2.05, 4.69) is 15.9 Å². The van der Waals surface area contributed by atoms with E-state index in [4.69, 9.17) is 0 Å². The number of carbonyl (C=O) groups excluding carboxylic acids is 2. The lowest BCUT2D eigenvalue weighted by molar-refractivity contribution is -0.121. The molecular weight excluding hydrogens is 292 g/mol. The minimum atomic E-state index is -0.248. The van der Waals surface area contributed by atoms with Crippen molar-refractivity contribution in [3.8, 4) is 0 Å². The van der Waals surface area contributed by atoms with Gasteiger partial charge in [0.1, 0.15) is 5.78 Å². The van der Waals surface area contributed by atoms with Crippen LogP contribution in [0.15, 0.2) is 22.7 Å². The van der Waals surface area contributed by atoms with E-state index >= 15 is 0 Å². The highest BCUT2D eigenvalue weighted by Gasteiger charge is 2.44. The van der Waals surface area contributed by atoms with Crippen LogP contribution < -0.4 is 0 Å². The van der Waals surface area contributed by atoms with Crippen molar-refractivity contribution in [2.24, 2.45) is 5.41 Å². The number of hydrogen-bond acceptors (Lipinski definition) is 2. The van der Waals surface area contributed by atoms with Crippen molar-refractivity contribution in [1.29, 1.82) is 0 Å². The molecule has 0 bridgehead atoms. The van der Waals surface area contributed by atoms with Crippen LogP contribution in [0.3, 0.4) is 0 Å². The molecule has 2 aliphatic rings. The second kappa shape index (κ2) is 4.30. The average Bonchev–Trinajstić information content (AvgIpc) is 2.38. The Bertz CT molecular complexity index is 523. The van der Waals surface area contributed by atoms with E-state index in [1.165, 1.54) is 0 Å². The maximum absolute atomic E-state index is 12.7. The molecule has 0 aliphatic heterocycles. The summed E-state index contributed by atoms with van der Waals surface area (Å²) >= 11 is 3.43. The molecule has 1 aromatic carbocycles. The molecule has 0 heterocycles. The first-order valence-corrected chi connectivity index (χ1v) is 7.25. The summed E-state index contributed by atoms with van der Waals surface area (Å²) in [5, 5.41) is 0. The van der Waals surface area contributed by atoms with E-state index in [-0.39, 0.29) is 11.2 Å². The number of halogens is 1. The number of ketones is 2. The summed E-state index contributed by atoms with van der Waals surface area (Å²) in [6.45, 7) is 0. The summed E-state index contributed by atoms with van der Waals surface area (Å²) in [5.74, 6) is 0.575. The monoisotopic (exact) mass is 306 g/mol. The molecule has 94 valence electrons. The maximum Gasteiger partial charge on any atom is 0.169 e. The second-order valence-electron chi connectivity index (χ2n) is 5.45. The highest BCUT2D eigenvalue weighted by Crippen LogP contribution is 2.45. The molecule has 3 heteroatoms. The number of carbonyl (C=O) groups is 2. The molecule has 0 atom stereocenters. The molecule has 1 fully saturated rings. The van der Waals surface area contributed by atoms with Crippen molar-refractivity contribution in [2.45, 2.75) is 38.5 Å². The molecule has 18 heavy (non-hydrogen) atoms. The van der Waals surface area contributed by atoms with Gasteiger partial charge in [0.2, 0.25) is 0 Å². The Morgan fingerprint density at radius 3 is 2.39 bits per heavy atom. The third-order valence-corrected chi connectivity index (χ3v) is 4.93. The Morgan fingerprint density at radius 1 is 1.00 bits per heavy atom. The van der Waals surface area contributed by atoms with Gasteiger partial charge in [-0.25, -0.2) is 0 Å². The first-order chi connectivity index (χ1) is 8.61. The molecule has 2 aliphatic carbocycles. The van der Waals surface area contributed by atoms with Gasteiger partial charge in [0, 0.05) is 28.3 Å². The van der Waals surface area contributed by atoms with Gasteiger partial charge in [-0.05, 0) is 43.4 Å². The number of Topliss-reactive ketones (excluding diaryl/α,β-unsaturated/α-hetero) is 2. The van der Waals surface area contributed by atoms with Crippen LogP contribution in [-0.2, 0) is 11.2 Å². The highest BCUT2D eigenvalue weighted by atomic mass is 79.9. The van der Waals surface area contributed by atoms with Crippen LogP contribution in [0.2, 0.25) is 0 Å². The zero-order valence-electron chi connectivity index (χ0n) is 10.2. The Labute approximate surface area is 115 Å². The number of fused-ring (bicyclic) bond motifs is 1. The first-order valence-electron chi connectivity index (χ1n) is 6.46. The van der Waals surface area contributed by atoms with Gasteiger partial charge in [0.05, 0.1) is 0 Å². The summed E-state index contributed by atoms with van der Waals surface area (Å²) in [5.41, 5.74) is 1.78. The Kier molecular flexibility index (Phi) is 2.89. The molecule has 1 spiro atoms. The normalized spacial score (nSPS) is 22.1. The number of rotatable bonds is 0. The average molecular weight is 307 g/mol. The Balaban J connectivity index is 1.98. The van der Waals surface area contributed by atoms with E-state index in [1.807, 2.05) is 18.2 Å². The molecule has 1 saturated carbocycles. The molecule has 0 N–H and O–H groups in total. The molecule has 0 unspecified atom stereocenters. The third kappa shape index (κ3) is 1.85. The van der Waals surface area contributed by atoms with E-state index in [0.717, 1.165) is 41.3 Å². The summed E-state index contributed by atoms with van der Waals surface area (Å²) in [6, 6.07) is 5.97. The van der Waals surface area contributed by atoms with Gasteiger partial charge in [-0.1, -0.05) is 22.0 Å². The number of hydrogen-bond donors (Lipinski definition) is 0. The minimum absolute atomic E-state index is 0.248. The van der Waals surface area contributed by atoms with Crippen LogP contribution in [0.5, 0.6) is 0 Å². The Hall–Kier alpha value is -0.960. The maximum atomic E-state index is 12.7. The Morgan fingerprint density at radius 2 is 1.67 bits per heavy atom. The summed E-state index contributed by atoms with van der Waals surface area (Å²) < 4.78 is 0.957. The molecule has 2 nitrogen and oxygen atoms in total. The van der Waals surface area contributed by atoms with Gasteiger partial charge in [0.15, 0.2) is 5.78 Å². The van der Waals surface area contributed by atoms with E-state index < -0.39 is 0 Å². The van der Waals surface area contributed by atoms with Crippen LogP contribution >= 0.6 is 15.9 Å². The highest BCUT2D eigenvalue weighted by molar-refractivity contribution is 9.10. The lowest BCUT2D eigenvalue weighted by atomic mass is 9.63. The van der Waals surface area contributed by atoms with E-state index in [9.17, 15) is 9.59 Å². The molecule has 0 saturated heterocycles. The second-order valence-corrected chi connectivity index (χ2v) is 6.37. The van der Waals surface area contributed by atoms with Crippen molar-refractivity contribution in [3.05, 3.63) is 33.8 Å². The minimum Gasteiger partial charge on any atom is -0.300 e. The first kappa shape index (κ1) is 12.1. The lowest BCUT2D eigenvalue weighted by Gasteiger charge is -2.39. The van der Waals surface area contributed by atoms with Gasteiger partial charge >= 0.3 is 0 Å². The quantitative estimate of drug-likeness (QED) is 0.732. The summed E-state index contributed by atoms with van der Waals surface area (Å²) in [4.78, 5) is 24.1. The van der Waals surface area contributed by atoms with Gasteiger partial charge in [-0.3, -0.25) is 9.59 Å². The van der Waals surface area contributed by atoms with Crippen molar-refractivity contribution in [1.82, 2.24) is 0 Å². The van der Waals surface area contributed by atoms with Crippen molar-refractivity contribution in [2.75, 3.05) is 0 Å². The third-order valence-electron chi connectivity index (χ3n) is 4.44. The molecule has 0 aromatic heterocycles. The molecular formula is C15H15BrO2. The predicted octanol–water partition coefficient (Wildman–Crippen LogP) is 3.71. The van der Waals surface area contributed by atoms with Gasteiger partial charge in [-0.15, -0.1) is 0 Å². The molecule has 0 amide bonds. The van der Waals surface area contributed by atoms with Crippen molar-refractivity contribution >= 4 is 27.5 Å². The van der Waals surface area contributed by atoms with Crippen LogP contribution in [-0.4, -0.2) is 11.6 Å². The lowest BCUT2D eigenvalue weighted by Crippen LogP contribution is -2.39. The fourth-order valence-corrected chi connectivity index (χ4v) is 3.60. The summed E-state index contributed by atoms with van der Waals surface area (Å²) in [7, 11) is 0. The smallest absolute Gasteiger partial charge is 0.169 e. The van der Waals surface area contributed by atoms with Gasteiger partial charge < -0.3 is 0 Å². The van der Waals surface area contributed by atoms with Crippen LogP contribution in [0.25, 0.3) is 0 Å². The SMILES string of the molecule is O=C1CCC2(CC1)CCc1ccc(Br)cc1C2=O. The molecule has 0 radical (unpaired) electrons. The van der Waals surface area contributed by atoms with Crippen molar-refractivity contribution in [3.63, 3.8) is 0 Å². The van der Waals surface area contributed by atoms with Crippen LogP contribution in [0.4, 0.5) is 0 Å². The number of benzene rings is 1. The topological polar surface area (TPSA) is 34.1 Å². The standard InChI is InChI=1S/C15H15BrO2/c16-11-2-1-10-3-6-15(14(18)13(10)9-11)7-4-12(17)5-8-15/h1-2,9H,3-8H2. The van der Waals surface area contributed by atoms with E-state index in [1.54, 1.807) is 0 Å². The fraction of sp³-hybridized carbons (Fsp3) is 0.467. The zero-order valence-corrected chi connectivity index (χ0v) is 11.8.